The molecule has 0 aromatic rings. The summed E-state index contributed by atoms with van der Waals surface area (Å²) in [6, 6.07) is 0.780. The van der Waals surface area contributed by atoms with Gasteiger partial charge in [0.1, 0.15) is 0 Å². The van der Waals surface area contributed by atoms with Crippen LogP contribution in [0, 0.1) is 18.3 Å². The molecule has 0 aromatic carbocycles. The topological polar surface area (TPSA) is 3.24 Å². The molecule has 74 valence electrons. The summed E-state index contributed by atoms with van der Waals surface area (Å²) in [6.45, 7) is 6.99. The van der Waals surface area contributed by atoms with Crippen LogP contribution in [0.15, 0.2) is 0 Å². The number of piperidine rings is 1. The van der Waals surface area contributed by atoms with E-state index in [-0.39, 0.29) is 0 Å². The molecule has 0 saturated carbocycles. The van der Waals surface area contributed by atoms with E-state index in [2.05, 4.69) is 24.7 Å². The summed E-state index contributed by atoms with van der Waals surface area (Å²) in [7, 11) is 0. The van der Waals surface area contributed by atoms with Gasteiger partial charge in [-0.05, 0) is 25.3 Å². The Morgan fingerprint density at radius 3 is 2.85 bits per heavy atom. The number of terminal acetylenes is 1. The number of hydrogen-bond acceptors (Lipinski definition) is 1. The van der Waals surface area contributed by atoms with Crippen LogP contribution in [0.2, 0.25) is 0 Å². The van der Waals surface area contributed by atoms with Gasteiger partial charge in [0.15, 0.2) is 0 Å². The smallest absolute Gasteiger partial charge is 0.0214 e. The molecule has 0 N–H and O–H groups in total. The number of likely N-dealkylation sites (tertiary alicyclic amines) is 1. The van der Waals surface area contributed by atoms with Crippen LogP contribution in [-0.2, 0) is 0 Å². The minimum absolute atomic E-state index is 0.776. The normalized spacial score (nSPS) is 24.6. The Morgan fingerprint density at radius 1 is 1.46 bits per heavy atom. The first-order valence-corrected chi connectivity index (χ1v) is 5.43. The second kappa shape index (κ2) is 5.29. The van der Waals surface area contributed by atoms with E-state index in [0.29, 0.717) is 0 Å². The van der Waals surface area contributed by atoms with Crippen molar-refractivity contribution < 1.29 is 0 Å². The molecule has 0 amide bonds. The molecular formula is C12H21N. The van der Waals surface area contributed by atoms with Crippen LogP contribution in [0.5, 0.6) is 0 Å². The van der Waals surface area contributed by atoms with Gasteiger partial charge in [0.25, 0.3) is 0 Å². The predicted octanol–water partition coefficient (Wildman–Crippen LogP) is 2.52. The third-order valence-electron chi connectivity index (χ3n) is 2.98. The summed E-state index contributed by atoms with van der Waals surface area (Å²) in [4.78, 5) is 2.58. The molecule has 1 aliphatic rings. The van der Waals surface area contributed by atoms with Gasteiger partial charge in [-0.25, -0.2) is 0 Å². The molecule has 0 spiro atoms. The lowest BCUT2D eigenvalue weighted by Gasteiger charge is -2.37. The Labute approximate surface area is 82.5 Å². The van der Waals surface area contributed by atoms with Gasteiger partial charge >= 0.3 is 0 Å². The minimum atomic E-state index is 0.776. The van der Waals surface area contributed by atoms with Gasteiger partial charge in [0.05, 0.1) is 0 Å². The van der Waals surface area contributed by atoms with Crippen LogP contribution < -0.4 is 0 Å². The number of rotatable bonds is 3. The summed E-state index contributed by atoms with van der Waals surface area (Å²) < 4.78 is 0. The van der Waals surface area contributed by atoms with Gasteiger partial charge in [0.2, 0.25) is 0 Å². The maximum atomic E-state index is 5.29. The zero-order valence-corrected chi connectivity index (χ0v) is 8.92. The minimum Gasteiger partial charge on any atom is -0.299 e. The molecule has 1 atom stereocenters. The van der Waals surface area contributed by atoms with Crippen LogP contribution in [0.4, 0.5) is 0 Å². The first-order valence-electron chi connectivity index (χ1n) is 5.43. The van der Waals surface area contributed by atoms with Gasteiger partial charge in [-0.2, -0.15) is 0 Å². The fourth-order valence-corrected chi connectivity index (χ4v) is 2.26. The molecule has 1 aliphatic heterocycles. The molecule has 1 fully saturated rings. The molecule has 1 heteroatoms. The molecule has 1 rings (SSSR count). The van der Waals surface area contributed by atoms with Gasteiger partial charge in [-0.1, -0.05) is 20.3 Å². The maximum Gasteiger partial charge on any atom is 0.0214 e. The van der Waals surface area contributed by atoms with Crippen molar-refractivity contribution in [1.29, 1.82) is 0 Å². The number of nitrogens with zero attached hydrogens (tertiary/aromatic N) is 1. The van der Waals surface area contributed by atoms with E-state index < -0.39 is 0 Å². The van der Waals surface area contributed by atoms with Crippen molar-refractivity contribution in [2.75, 3.05) is 13.1 Å². The summed E-state index contributed by atoms with van der Waals surface area (Å²) in [5.74, 6) is 3.51. The van der Waals surface area contributed by atoms with Crippen LogP contribution in [0.25, 0.3) is 0 Å². The van der Waals surface area contributed by atoms with E-state index in [0.717, 1.165) is 24.9 Å². The third kappa shape index (κ3) is 3.04. The van der Waals surface area contributed by atoms with Crippen molar-refractivity contribution in [3.8, 4) is 12.3 Å². The Hall–Kier alpha value is -0.480. The highest BCUT2D eigenvalue weighted by molar-refractivity contribution is 4.87. The summed E-state index contributed by atoms with van der Waals surface area (Å²) in [5.41, 5.74) is 0. The van der Waals surface area contributed by atoms with Crippen LogP contribution in [0.1, 0.15) is 39.5 Å². The first kappa shape index (κ1) is 10.6. The fraction of sp³-hybridized carbons (Fsp3) is 0.833. The van der Waals surface area contributed by atoms with Crippen molar-refractivity contribution in [2.24, 2.45) is 5.92 Å². The lowest BCUT2D eigenvalue weighted by Crippen LogP contribution is -2.43. The van der Waals surface area contributed by atoms with E-state index in [4.69, 9.17) is 6.42 Å². The zero-order chi connectivity index (χ0) is 9.68. The monoisotopic (exact) mass is 179 g/mol. The van der Waals surface area contributed by atoms with Gasteiger partial charge < -0.3 is 0 Å². The average Bonchev–Trinajstić information content (AvgIpc) is 2.15. The molecule has 0 bridgehead atoms. The maximum absolute atomic E-state index is 5.29. The van der Waals surface area contributed by atoms with Crippen LogP contribution in [-0.4, -0.2) is 24.0 Å². The standard InChI is InChI=1S/C12H21N/c1-4-5-9-13-10-7-6-8-12(13)11(2)3/h1,11-12H,5-10H2,2-3H3. The summed E-state index contributed by atoms with van der Waals surface area (Å²) >= 11 is 0. The van der Waals surface area contributed by atoms with Crippen molar-refractivity contribution >= 4 is 0 Å². The second-order valence-electron chi connectivity index (χ2n) is 4.30. The third-order valence-corrected chi connectivity index (χ3v) is 2.98. The lowest BCUT2D eigenvalue weighted by molar-refractivity contribution is 0.115. The molecule has 1 heterocycles. The summed E-state index contributed by atoms with van der Waals surface area (Å²) in [6.07, 6.45) is 10.3. The van der Waals surface area contributed by atoms with E-state index in [1.165, 1.54) is 25.8 Å². The predicted molar refractivity (Wildman–Crippen MR) is 57.5 cm³/mol. The van der Waals surface area contributed by atoms with E-state index in [1.807, 2.05) is 0 Å². The first-order chi connectivity index (χ1) is 6.25. The van der Waals surface area contributed by atoms with Gasteiger partial charge in [-0.15, -0.1) is 12.3 Å². The Morgan fingerprint density at radius 2 is 2.23 bits per heavy atom. The SMILES string of the molecule is C#CCCN1CCCCC1C(C)C. The van der Waals surface area contributed by atoms with Crippen LogP contribution >= 0.6 is 0 Å². The largest absolute Gasteiger partial charge is 0.299 e. The molecular weight excluding hydrogens is 158 g/mol. The van der Waals surface area contributed by atoms with Crippen molar-refractivity contribution in [3.63, 3.8) is 0 Å². The second-order valence-corrected chi connectivity index (χ2v) is 4.30. The van der Waals surface area contributed by atoms with Crippen molar-refractivity contribution in [1.82, 2.24) is 4.90 Å². The molecule has 0 aromatic heterocycles. The molecule has 1 unspecified atom stereocenters. The quantitative estimate of drug-likeness (QED) is 0.602. The van der Waals surface area contributed by atoms with Crippen molar-refractivity contribution in [2.45, 2.75) is 45.6 Å². The fourth-order valence-electron chi connectivity index (χ4n) is 2.26. The Bertz CT molecular complexity index is 178. The van der Waals surface area contributed by atoms with Gasteiger partial charge in [0, 0.05) is 19.0 Å². The molecule has 1 nitrogen and oxygen atoms in total. The van der Waals surface area contributed by atoms with E-state index >= 15 is 0 Å². The highest BCUT2D eigenvalue weighted by atomic mass is 15.2. The van der Waals surface area contributed by atoms with Gasteiger partial charge in [-0.3, -0.25) is 4.90 Å². The van der Waals surface area contributed by atoms with E-state index in [1.54, 1.807) is 0 Å². The summed E-state index contributed by atoms with van der Waals surface area (Å²) in [5, 5.41) is 0. The molecule has 13 heavy (non-hydrogen) atoms. The number of hydrogen-bond donors (Lipinski definition) is 0. The average molecular weight is 179 g/mol. The Kier molecular flexibility index (Phi) is 4.32. The Balaban J connectivity index is 2.42. The van der Waals surface area contributed by atoms with Crippen LogP contribution in [0.3, 0.4) is 0 Å². The van der Waals surface area contributed by atoms with Crippen molar-refractivity contribution in [3.05, 3.63) is 0 Å². The lowest BCUT2D eigenvalue weighted by atomic mass is 9.93. The van der Waals surface area contributed by atoms with E-state index in [9.17, 15) is 0 Å². The molecule has 0 aliphatic carbocycles. The molecule has 1 saturated heterocycles. The highest BCUT2D eigenvalue weighted by Gasteiger charge is 2.23. The zero-order valence-electron chi connectivity index (χ0n) is 8.92. The molecule has 0 radical (unpaired) electrons. The highest BCUT2D eigenvalue weighted by Crippen LogP contribution is 2.22.